The molecule has 2 unspecified atom stereocenters. The Morgan fingerprint density at radius 2 is 1.41 bits per heavy atom. The second-order valence-electron chi connectivity index (χ2n) is 11.2. The van der Waals surface area contributed by atoms with Crippen molar-refractivity contribution in [1.29, 1.82) is 0 Å². The Balaban J connectivity index is 0.000000347. The van der Waals surface area contributed by atoms with Gasteiger partial charge in [0.15, 0.2) is 0 Å². The number of likely N-dealkylation sites (tertiary alicyclic amines) is 2. The van der Waals surface area contributed by atoms with Gasteiger partial charge in [0.25, 0.3) is 0 Å². The van der Waals surface area contributed by atoms with Crippen LogP contribution in [0.15, 0.2) is 24.3 Å². The zero-order valence-electron chi connectivity index (χ0n) is 27.5. The number of benzene rings is 1. The summed E-state index contributed by atoms with van der Waals surface area (Å²) in [6, 6.07) is 10.6. The zero-order valence-corrected chi connectivity index (χ0v) is 27.5. The molecule has 3 saturated heterocycles. The fourth-order valence-electron chi connectivity index (χ4n) is 5.87. The molecule has 0 amide bonds. The maximum absolute atomic E-state index is 5.52. The maximum Gasteiger partial charge on any atom is 0.0698 e. The molecule has 2 atom stereocenters. The molecule has 1 aromatic carbocycles. The lowest BCUT2D eigenvalue weighted by molar-refractivity contribution is -0.00124. The molecule has 0 saturated carbocycles. The van der Waals surface area contributed by atoms with E-state index in [1.807, 2.05) is 41.9 Å². The molecule has 5 heteroatoms. The molecular formula is C34H65N3O2. The van der Waals surface area contributed by atoms with Crippen LogP contribution in [0.5, 0.6) is 0 Å². The molecule has 4 rings (SSSR count). The first kappa shape index (κ1) is 35.9. The summed E-state index contributed by atoms with van der Waals surface area (Å²) in [6.45, 7) is 24.4. The van der Waals surface area contributed by atoms with Gasteiger partial charge in [-0.3, -0.25) is 4.90 Å². The number of anilines is 1. The number of piperidine rings is 3. The molecule has 5 nitrogen and oxygen atoms in total. The normalized spacial score (nSPS) is 22.1. The van der Waals surface area contributed by atoms with Crippen LogP contribution in [0.1, 0.15) is 112 Å². The van der Waals surface area contributed by atoms with Crippen LogP contribution in [0.3, 0.4) is 0 Å². The standard InChI is InChI=1S/C16H25NO.C14H28N2O.2C2H6/c1-4-13(2)14-6-5-7-15(12-14)17-10-8-16(18-3)9-11-17;1-12(2)15-9-6-13(7-10-15)16-8-4-5-14(11-16)17-3;2*1-2/h5-7,12-13,16H,4,8-11H2,1-3H3;12-14H,4-11H2,1-3H3;2*1-2H3. The van der Waals surface area contributed by atoms with Crippen molar-refractivity contribution in [1.82, 2.24) is 9.80 Å². The molecule has 39 heavy (non-hydrogen) atoms. The quantitative estimate of drug-likeness (QED) is 0.347. The lowest BCUT2D eigenvalue weighted by Crippen LogP contribution is -2.50. The van der Waals surface area contributed by atoms with E-state index >= 15 is 0 Å². The first-order valence-corrected chi connectivity index (χ1v) is 16.3. The molecule has 0 radical (unpaired) electrons. The van der Waals surface area contributed by atoms with Gasteiger partial charge < -0.3 is 19.3 Å². The Hall–Kier alpha value is -1.14. The topological polar surface area (TPSA) is 28.2 Å². The minimum absolute atomic E-state index is 0.457. The number of nitrogens with zero attached hydrogens (tertiary/aromatic N) is 3. The van der Waals surface area contributed by atoms with Gasteiger partial charge in [0, 0.05) is 51.6 Å². The van der Waals surface area contributed by atoms with Gasteiger partial charge in [0.05, 0.1) is 12.2 Å². The summed E-state index contributed by atoms with van der Waals surface area (Å²) in [5.41, 5.74) is 2.84. The van der Waals surface area contributed by atoms with Crippen LogP contribution in [-0.2, 0) is 9.47 Å². The first-order valence-electron chi connectivity index (χ1n) is 16.3. The number of ether oxygens (including phenoxy) is 2. The van der Waals surface area contributed by atoms with Crippen LogP contribution < -0.4 is 4.90 Å². The second kappa shape index (κ2) is 20.7. The monoisotopic (exact) mass is 548 g/mol. The van der Waals surface area contributed by atoms with Gasteiger partial charge in [0.2, 0.25) is 0 Å². The van der Waals surface area contributed by atoms with E-state index in [4.69, 9.17) is 9.47 Å². The highest BCUT2D eigenvalue weighted by Crippen LogP contribution is 2.26. The van der Waals surface area contributed by atoms with E-state index in [0.29, 0.717) is 24.2 Å². The SMILES string of the molecule is CC.CC.CCC(C)c1cccc(N2CCC(OC)CC2)c1.COC1CCCN(C2CCN(C(C)C)CC2)C1. The zero-order chi connectivity index (χ0) is 29.2. The molecule has 228 valence electrons. The minimum atomic E-state index is 0.457. The highest BCUT2D eigenvalue weighted by atomic mass is 16.5. The van der Waals surface area contributed by atoms with Gasteiger partial charge in [0.1, 0.15) is 0 Å². The van der Waals surface area contributed by atoms with E-state index in [9.17, 15) is 0 Å². The average molecular weight is 548 g/mol. The molecule has 0 bridgehead atoms. The number of hydrogen-bond donors (Lipinski definition) is 0. The number of methoxy groups -OCH3 is 2. The van der Waals surface area contributed by atoms with Gasteiger partial charge in [-0.15, -0.1) is 0 Å². The Morgan fingerprint density at radius 3 is 1.95 bits per heavy atom. The van der Waals surface area contributed by atoms with E-state index in [1.54, 1.807) is 0 Å². The average Bonchev–Trinajstić information content (AvgIpc) is 3.03. The number of rotatable bonds is 7. The highest BCUT2D eigenvalue weighted by Gasteiger charge is 2.29. The lowest BCUT2D eigenvalue weighted by atomic mass is 9.97. The second-order valence-corrected chi connectivity index (χ2v) is 11.2. The van der Waals surface area contributed by atoms with Crippen LogP contribution >= 0.6 is 0 Å². The molecule has 3 heterocycles. The van der Waals surface area contributed by atoms with Gasteiger partial charge in [-0.2, -0.15) is 0 Å². The molecule has 3 aliphatic heterocycles. The lowest BCUT2D eigenvalue weighted by Gasteiger charge is -2.42. The smallest absolute Gasteiger partial charge is 0.0698 e. The van der Waals surface area contributed by atoms with E-state index < -0.39 is 0 Å². The molecule has 0 aromatic heterocycles. The van der Waals surface area contributed by atoms with E-state index in [2.05, 4.69) is 66.7 Å². The minimum Gasteiger partial charge on any atom is -0.381 e. The van der Waals surface area contributed by atoms with Gasteiger partial charge in [-0.05, 0) is 102 Å². The molecule has 0 spiro atoms. The molecule has 3 fully saturated rings. The molecular weight excluding hydrogens is 482 g/mol. The van der Waals surface area contributed by atoms with Gasteiger partial charge >= 0.3 is 0 Å². The third-order valence-corrected chi connectivity index (χ3v) is 8.68. The van der Waals surface area contributed by atoms with Crippen LogP contribution in [0.25, 0.3) is 0 Å². The van der Waals surface area contributed by atoms with Crippen LogP contribution in [0.4, 0.5) is 5.69 Å². The van der Waals surface area contributed by atoms with Crippen molar-refractivity contribution in [2.45, 2.75) is 131 Å². The van der Waals surface area contributed by atoms with Crippen molar-refractivity contribution in [2.24, 2.45) is 0 Å². The summed E-state index contributed by atoms with van der Waals surface area (Å²) in [5, 5.41) is 0. The Morgan fingerprint density at radius 1 is 0.795 bits per heavy atom. The molecule has 0 aliphatic carbocycles. The summed E-state index contributed by atoms with van der Waals surface area (Å²) < 4.78 is 10.9. The predicted octanol–water partition coefficient (Wildman–Crippen LogP) is 7.84. The first-order chi connectivity index (χ1) is 18.9. The maximum atomic E-state index is 5.52. The summed E-state index contributed by atoms with van der Waals surface area (Å²) in [4.78, 5) is 7.77. The third-order valence-electron chi connectivity index (χ3n) is 8.68. The van der Waals surface area contributed by atoms with Crippen molar-refractivity contribution >= 4 is 5.69 Å². The Kier molecular flexibility index (Phi) is 19.0. The fraction of sp³-hybridized carbons (Fsp3) is 0.824. The Labute approximate surface area is 243 Å². The van der Waals surface area contributed by atoms with Crippen molar-refractivity contribution < 1.29 is 9.47 Å². The van der Waals surface area contributed by atoms with E-state index in [0.717, 1.165) is 38.5 Å². The fourth-order valence-corrected chi connectivity index (χ4v) is 5.87. The summed E-state index contributed by atoms with van der Waals surface area (Å²) in [5.74, 6) is 0.654. The van der Waals surface area contributed by atoms with E-state index in [1.165, 1.54) is 63.0 Å². The largest absolute Gasteiger partial charge is 0.381 e. The van der Waals surface area contributed by atoms with Crippen molar-refractivity contribution in [2.75, 3.05) is 58.4 Å². The van der Waals surface area contributed by atoms with Gasteiger partial charge in [-0.1, -0.05) is 53.7 Å². The van der Waals surface area contributed by atoms with Crippen molar-refractivity contribution in [3.8, 4) is 0 Å². The summed E-state index contributed by atoms with van der Waals surface area (Å²) in [6.07, 6.45) is 9.67. The third kappa shape index (κ3) is 12.1. The van der Waals surface area contributed by atoms with Gasteiger partial charge in [-0.25, -0.2) is 0 Å². The highest BCUT2D eigenvalue weighted by molar-refractivity contribution is 5.49. The molecule has 1 aromatic rings. The summed E-state index contributed by atoms with van der Waals surface area (Å²) in [7, 11) is 3.68. The van der Waals surface area contributed by atoms with Crippen LogP contribution in [0, 0.1) is 0 Å². The van der Waals surface area contributed by atoms with Crippen molar-refractivity contribution in [3.63, 3.8) is 0 Å². The van der Waals surface area contributed by atoms with Crippen molar-refractivity contribution in [3.05, 3.63) is 29.8 Å². The molecule has 0 N–H and O–H groups in total. The summed E-state index contributed by atoms with van der Waals surface area (Å²) >= 11 is 0. The van der Waals surface area contributed by atoms with Crippen LogP contribution in [-0.4, -0.2) is 87.6 Å². The molecule has 3 aliphatic rings. The number of hydrogen-bond acceptors (Lipinski definition) is 5. The predicted molar refractivity (Wildman–Crippen MR) is 171 cm³/mol. The Bertz CT molecular complexity index is 712. The van der Waals surface area contributed by atoms with E-state index in [-0.39, 0.29) is 0 Å². The van der Waals surface area contributed by atoms with Crippen LogP contribution in [0.2, 0.25) is 0 Å².